The van der Waals surface area contributed by atoms with E-state index in [0.717, 1.165) is 33.6 Å². The number of hydrogen-bond acceptors (Lipinski definition) is 8. The fourth-order valence-corrected chi connectivity index (χ4v) is 6.13. The molecule has 1 amide bonds. The molecule has 0 aliphatic carbocycles. The van der Waals surface area contributed by atoms with Gasteiger partial charge in [-0.15, -0.1) is 0 Å². The van der Waals surface area contributed by atoms with Crippen LogP contribution in [0.5, 0.6) is 17.2 Å². The van der Waals surface area contributed by atoms with Crippen molar-refractivity contribution in [1.29, 1.82) is 0 Å². The van der Waals surface area contributed by atoms with Crippen LogP contribution in [0.2, 0.25) is 0 Å². The van der Waals surface area contributed by atoms with Gasteiger partial charge in [-0.2, -0.15) is 0 Å². The number of aldehydes is 1. The maximum atomic E-state index is 12.9. The second kappa shape index (κ2) is 9.77. The van der Waals surface area contributed by atoms with Crippen LogP contribution in [0.15, 0.2) is 46.6 Å². The summed E-state index contributed by atoms with van der Waals surface area (Å²) in [5, 5.41) is 0.589. The zero-order chi connectivity index (χ0) is 25.4. The molecule has 2 aliphatic rings. The number of hydrogen-bond donors (Lipinski definition) is 0. The minimum atomic E-state index is -0.329. The molecule has 5 rings (SSSR count). The molecule has 1 fully saturated rings. The number of methoxy groups -OCH3 is 3. The molecule has 0 spiro atoms. The Kier molecular flexibility index (Phi) is 6.53. The van der Waals surface area contributed by atoms with Gasteiger partial charge in [0.25, 0.3) is 0 Å². The number of ether oxygens (including phenoxy) is 4. The predicted molar refractivity (Wildman–Crippen MR) is 132 cm³/mol. The van der Waals surface area contributed by atoms with Crippen LogP contribution in [-0.2, 0) is 24.6 Å². The molecule has 0 N–H and O–H groups in total. The minimum Gasteiger partial charge on any atom is -0.497 e. The highest BCUT2D eigenvalue weighted by molar-refractivity contribution is 7.99. The maximum Gasteiger partial charge on any atom is 0.410 e. The highest BCUT2D eigenvalue weighted by Crippen LogP contribution is 2.51. The van der Waals surface area contributed by atoms with Gasteiger partial charge in [0.05, 0.1) is 44.6 Å². The van der Waals surface area contributed by atoms with E-state index in [0.29, 0.717) is 41.7 Å². The maximum absolute atomic E-state index is 12.9. The zero-order valence-corrected chi connectivity index (χ0v) is 21.3. The number of aromatic nitrogens is 2. The SMILES string of the molecule is COc1ccc(C[C@H]2c3c(OC)cc(OC)c(Sc4ncn(C)c4C=O)c3C[C@H]3COC(=O)N32)cc1. The summed E-state index contributed by atoms with van der Waals surface area (Å²) in [4.78, 5) is 31.7. The van der Waals surface area contributed by atoms with Crippen LogP contribution < -0.4 is 14.2 Å². The minimum absolute atomic E-state index is 0.126. The number of nitrogens with zero attached hydrogens (tertiary/aromatic N) is 3. The van der Waals surface area contributed by atoms with Crippen LogP contribution in [0.3, 0.4) is 0 Å². The van der Waals surface area contributed by atoms with Gasteiger partial charge in [-0.3, -0.25) is 9.69 Å². The standard InChI is InChI=1S/C26H27N3O6S/c1-28-14-27-25(20(28)12-30)36-24-18-10-16-13-35-26(31)29(16)19(9-15-5-7-17(32-2)8-6-15)23(18)21(33-3)11-22(24)34-4/h5-8,11-12,14,16,19H,9-10,13H2,1-4H3/t16-,19-/m0/s1. The Bertz CT molecular complexity index is 1310. The van der Waals surface area contributed by atoms with Crippen LogP contribution in [-0.4, -0.2) is 60.8 Å². The molecule has 10 heteroatoms. The molecule has 1 aromatic heterocycles. The van der Waals surface area contributed by atoms with E-state index >= 15 is 0 Å². The monoisotopic (exact) mass is 509 g/mol. The van der Waals surface area contributed by atoms with Crippen LogP contribution in [0, 0.1) is 0 Å². The number of rotatable bonds is 8. The molecule has 2 aliphatic heterocycles. The van der Waals surface area contributed by atoms with Gasteiger partial charge in [0.1, 0.15) is 34.6 Å². The van der Waals surface area contributed by atoms with Crippen molar-refractivity contribution in [2.75, 3.05) is 27.9 Å². The molecule has 36 heavy (non-hydrogen) atoms. The van der Waals surface area contributed by atoms with Crippen molar-refractivity contribution in [3.8, 4) is 17.2 Å². The van der Waals surface area contributed by atoms with Gasteiger partial charge in [-0.25, -0.2) is 9.78 Å². The Morgan fingerprint density at radius 2 is 1.89 bits per heavy atom. The Morgan fingerprint density at radius 3 is 2.56 bits per heavy atom. The van der Waals surface area contributed by atoms with E-state index in [1.807, 2.05) is 35.2 Å². The molecule has 0 unspecified atom stereocenters. The first-order valence-electron chi connectivity index (χ1n) is 11.5. The molecule has 2 atom stereocenters. The summed E-state index contributed by atoms with van der Waals surface area (Å²) in [6.07, 6.45) is 3.23. The third-order valence-corrected chi connectivity index (χ3v) is 7.91. The molecular formula is C26H27N3O6S. The molecule has 0 bridgehead atoms. The quantitative estimate of drug-likeness (QED) is 0.420. The van der Waals surface area contributed by atoms with Crippen LogP contribution >= 0.6 is 11.8 Å². The summed E-state index contributed by atoms with van der Waals surface area (Å²) in [7, 11) is 6.64. The van der Waals surface area contributed by atoms with Gasteiger partial charge in [0.15, 0.2) is 6.29 Å². The van der Waals surface area contributed by atoms with Crippen LogP contribution in [0.1, 0.15) is 33.2 Å². The van der Waals surface area contributed by atoms with E-state index in [4.69, 9.17) is 18.9 Å². The average molecular weight is 510 g/mol. The lowest BCUT2D eigenvalue weighted by Gasteiger charge is -2.39. The number of aryl methyl sites for hydroxylation is 1. The van der Waals surface area contributed by atoms with E-state index < -0.39 is 0 Å². The summed E-state index contributed by atoms with van der Waals surface area (Å²) in [5.74, 6) is 2.03. The molecule has 3 heterocycles. The first-order valence-corrected chi connectivity index (χ1v) is 12.3. The molecule has 1 saturated heterocycles. The van der Waals surface area contributed by atoms with E-state index in [2.05, 4.69) is 4.98 Å². The van der Waals surface area contributed by atoms with Gasteiger partial charge in [0, 0.05) is 18.7 Å². The van der Waals surface area contributed by atoms with Crippen LogP contribution in [0.25, 0.3) is 0 Å². The first kappa shape index (κ1) is 24.1. The predicted octanol–water partition coefficient (Wildman–Crippen LogP) is 4.07. The summed E-state index contributed by atoms with van der Waals surface area (Å²) < 4.78 is 24.1. The smallest absolute Gasteiger partial charge is 0.410 e. The number of benzene rings is 2. The van der Waals surface area contributed by atoms with Gasteiger partial charge in [-0.05, 0) is 36.1 Å². The average Bonchev–Trinajstić information content (AvgIpc) is 3.45. The van der Waals surface area contributed by atoms with Crippen molar-refractivity contribution in [1.82, 2.24) is 14.5 Å². The number of carbonyl (C=O) groups excluding carboxylic acids is 2. The lowest BCUT2D eigenvalue weighted by atomic mass is 9.85. The van der Waals surface area contributed by atoms with Crippen molar-refractivity contribution in [3.63, 3.8) is 0 Å². The van der Waals surface area contributed by atoms with Crippen molar-refractivity contribution >= 4 is 24.1 Å². The summed E-state index contributed by atoms with van der Waals surface area (Å²) in [6, 6.07) is 9.22. The lowest BCUT2D eigenvalue weighted by Crippen LogP contribution is -2.43. The fourth-order valence-electron chi connectivity index (χ4n) is 4.98. The van der Waals surface area contributed by atoms with Crippen molar-refractivity contribution < 1.29 is 28.5 Å². The molecule has 0 radical (unpaired) electrons. The second-order valence-electron chi connectivity index (χ2n) is 8.68. The summed E-state index contributed by atoms with van der Waals surface area (Å²) >= 11 is 1.39. The third kappa shape index (κ3) is 4.05. The normalized spacial score (nSPS) is 18.3. The number of cyclic esters (lactones) is 1. The third-order valence-electron chi connectivity index (χ3n) is 6.75. The Morgan fingerprint density at radius 1 is 1.14 bits per heavy atom. The lowest BCUT2D eigenvalue weighted by molar-refractivity contribution is 0.111. The number of carbonyl (C=O) groups is 2. The van der Waals surface area contributed by atoms with Crippen molar-refractivity contribution in [2.24, 2.45) is 7.05 Å². The molecule has 3 aromatic rings. The molecular weight excluding hydrogens is 482 g/mol. The highest BCUT2D eigenvalue weighted by Gasteiger charge is 2.46. The Balaban J connectivity index is 1.66. The Labute approximate surface area is 213 Å². The molecule has 188 valence electrons. The number of amides is 1. The van der Waals surface area contributed by atoms with Crippen molar-refractivity contribution in [2.45, 2.75) is 34.8 Å². The molecule has 0 saturated carbocycles. The van der Waals surface area contributed by atoms with Gasteiger partial charge < -0.3 is 23.5 Å². The Hall–Kier alpha value is -3.66. The zero-order valence-electron chi connectivity index (χ0n) is 20.5. The fraction of sp³-hybridized carbons (Fsp3) is 0.346. The van der Waals surface area contributed by atoms with Crippen molar-refractivity contribution in [3.05, 3.63) is 59.0 Å². The number of fused-ring (bicyclic) bond motifs is 2. The van der Waals surface area contributed by atoms with E-state index in [9.17, 15) is 9.59 Å². The molecule has 2 aromatic carbocycles. The number of imidazole rings is 1. The molecule has 9 nitrogen and oxygen atoms in total. The topological polar surface area (TPSA) is 92.1 Å². The highest BCUT2D eigenvalue weighted by atomic mass is 32.2. The van der Waals surface area contributed by atoms with Gasteiger partial charge in [-0.1, -0.05) is 23.9 Å². The summed E-state index contributed by atoms with van der Waals surface area (Å²) in [6.45, 7) is 0.310. The van der Waals surface area contributed by atoms with Crippen LogP contribution in [0.4, 0.5) is 4.79 Å². The second-order valence-corrected chi connectivity index (χ2v) is 9.68. The van der Waals surface area contributed by atoms with E-state index in [-0.39, 0.29) is 18.2 Å². The van der Waals surface area contributed by atoms with E-state index in [1.165, 1.54) is 11.8 Å². The van der Waals surface area contributed by atoms with E-state index in [1.54, 1.807) is 39.3 Å². The van der Waals surface area contributed by atoms with Gasteiger partial charge in [0.2, 0.25) is 0 Å². The summed E-state index contributed by atoms with van der Waals surface area (Å²) in [5.41, 5.74) is 3.46. The van der Waals surface area contributed by atoms with Gasteiger partial charge >= 0.3 is 6.09 Å². The first-order chi connectivity index (χ1) is 17.5. The largest absolute Gasteiger partial charge is 0.497 e.